The second-order valence-corrected chi connectivity index (χ2v) is 5.76. The van der Waals surface area contributed by atoms with Crippen LogP contribution in [0.3, 0.4) is 0 Å². The highest BCUT2D eigenvalue weighted by Gasteiger charge is 2.49. The Bertz CT molecular complexity index is 208. The summed E-state index contributed by atoms with van der Waals surface area (Å²) in [6.07, 6.45) is 5.76. The highest BCUT2D eigenvalue weighted by Crippen LogP contribution is 2.40. The Morgan fingerprint density at radius 2 is 1.64 bits per heavy atom. The molecule has 4 atom stereocenters. The van der Waals surface area contributed by atoms with E-state index < -0.39 is 0 Å². The predicted molar refractivity (Wildman–Crippen MR) is 58.3 cm³/mol. The maximum atomic E-state index is 3.81. The van der Waals surface area contributed by atoms with Gasteiger partial charge in [-0.05, 0) is 31.6 Å². The van der Waals surface area contributed by atoms with E-state index in [2.05, 4.69) is 24.1 Å². The molecular formula is C12H22N2. The summed E-state index contributed by atoms with van der Waals surface area (Å²) in [6.45, 7) is 6.02. The first-order chi connectivity index (χ1) is 6.75. The molecular weight excluding hydrogens is 172 g/mol. The molecule has 0 aliphatic carbocycles. The fraction of sp³-hybridized carbons (Fsp3) is 1.00. The third-order valence-corrected chi connectivity index (χ3v) is 4.33. The van der Waals surface area contributed by atoms with Crippen molar-refractivity contribution >= 4 is 0 Å². The zero-order valence-corrected chi connectivity index (χ0v) is 9.37. The number of fused-ring (bicyclic) bond motifs is 6. The lowest BCUT2D eigenvalue weighted by atomic mass is 10.0. The molecule has 2 nitrogen and oxygen atoms in total. The summed E-state index contributed by atoms with van der Waals surface area (Å²) in [5.41, 5.74) is 0. The Hall–Kier alpha value is -0.0800. The lowest BCUT2D eigenvalue weighted by molar-refractivity contribution is 0.0986. The van der Waals surface area contributed by atoms with Crippen molar-refractivity contribution in [2.45, 2.75) is 63.7 Å². The average molecular weight is 194 g/mol. The first-order valence-corrected chi connectivity index (χ1v) is 6.27. The topological polar surface area (TPSA) is 15.3 Å². The molecule has 3 aliphatic rings. The third-order valence-electron chi connectivity index (χ3n) is 4.33. The highest BCUT2D eigenvalue weighted by atomic mass is 15.3. The maximum absolute atomic E-state index is 3.81. The lowest BCUT2D eigenvalue weighted by Gasteiger charge is -2.41. The first-order valence-electron chi connectivity index (χ1n) is 6.27. The average Bonchev–Trinajstić information content (AvgIpc) is 2.58. The molecule has 1 N–H and O–H groups in total. The van der Waals surface area contributed by atoms with E-state index in [0.717, 1.165) is 30.1 Å². The largest absolute Gasteiger partial charge is 0.308 e. The van der Waals surface area contributed by atoms with Gasteiger partial charge >= 0.3 is 0 Å². The zero-order valence-electron chi connectivity index (χ0n) is 9.37. The molecule has 4 bridgehead atoms. The summed E-state index contributed by atoms with van der Waals surface area (Å²) in [6, 6.07) is 3.41. The van der Waals surface area contributed by atoms with Crippen molar-refractivity contribution in [3.63, 3.8) is 0 Å². The van der Waals surface area contributed by atoms with Crippen molar-refractivity contribution in [3.8, 4) is 0 Å². The van der Waals surface area contributed by atoms with E-state index in [-0.39, 0.29) is 0 Å². The molecule has 0 radical (unpaired) electrons. The Balaban J connectivity index is 1.80. The van der Waals surface area contributed by atoms with Gasteiger partial charge in [0, 0.05) is 30.7 Å². The molecule has 3 fully saturated rings. The first kappa shape index (κ1) is 9.17. The molecule has 2 heteroatoms. The number of rotatable bonds is 2. The number of nitrogens with one attached hydrogen (secondary N) is 1. The maximum Gasteiger partial charge on any atom is 0.0253 e. The number of nitrogens with zero attached hydrogens (tertiary/aromatic N) is 1. The number of hydrogen-bond donors (Lipinski definition) is 1. The third kappa shape index (κ3) is 1.24. The van der Waals surface area contributed by atoms with E-state index in [4.69, 9.17) is 0 Å². The Morgan fingerprint density at radius 3 is 2.14 bits per heavy atom. The minimum Gasteiger partial charge on any atom is -0.308 e. The standard InChI is InChI=1S/C12H22N2/c1-8(2)7-14-11-5-6-12(14)10-4-3-9(11)13-10/h8-13H,3-7H2,1-2H3. The zero-order chi connectivity index (χ0) is 9.71. The molecule has 0 aromatic carbocycles. The van der Waals surface area contributed by atoms with Crippen LogP contribution in [0.5, 0.6) is 0 Å². The van der Waals surface area contributed by atoms with Crippen LogP contribution in [0.25, 0.3) is 0 Å². The van der Waals surface area contributed by atoms with Gasteiger partial charge in [0.15, 0.2) is 0 Å². The second-order valence-electron chi connectivity index (χ2n) is 5.76. The van der Waals surface area contributed by atoms with Crippen LogP contribution >= 0.6 is 0 Å². The summed E-state index contributed by atoms with van der Waals surface area (Å²) < 4.78 is 0. The smallest absolute Gasteiger partial charge is 0.0253 e. The van der Waals surface area contributed by atoms with Gasteiger partial charge in [-0.25, -0.2) is 0 Å². The van der Waals surface area contributed by atoms with Crippen LogP contribution in [-0.4, -0.2) is 35.6 Å². The van der Waals surface area contributed by atoms with Crippen molar-refractivity contribution in [2.24, 2.45) is 5.92 Å². The summed E-state index contributed by atoms with van der Waals surface area (Å²) in [5.74, 6) is 0.829. The summed E-state index contributed by atoms with van der Waals surface area (Å²) in [5, 5.41) is 3.81. The fourth-order valence-electron chi connectivity index (χ4n) is 3.88. The molecule has 14 heavy (non-hydrogen) atoms. The van der Waals surface area contributed by atoms with Crippen molar-refractivity contribution in [3.05, 3.63) is 0 Å². The van der Waals surface area contributed by atoms with Gasteiger partial charge in [0.25, 0.3) is 0 Å². The quantitative estimate of drug-likeness (QED) is 0.718. The molecule has 3 aliphatic heterocycles. The molecule has 0 aromatic rings. The van der Waals surface area contributed by atoms with Gasteiger partial charge in [0.1, 0.15) is 0 Å². The molecule has 0 saturated carbocycles. The molecule has 0 aromatic heterocycles. The van der Waals surface area contributed by atoms with Crippen LogP contribution < -0.4 is 5.32 Å². The predicted octanol–water partition coefficient (Wildman–Crippen LogP) is 1.61. The van der Waals surface area contributed by atoms with Crippen LogP contribution in [0.1, 0.15) is 39.5 Å². The molecule has 80 valence electrons. The minimum atomic E-state index is 0.829. The van der Waals surface area contributed by atoms with Gasteiger partial charge in [0.2, 0.25) is 0 Å². The van der Waals surface area contributed by atoms with Crippen molar-refractivity contribution in [1.82, 2.24) is 10.2 Å². The fourth-order valence-corrected chi connectivity index (χ4v) is 3.88. The van der Waals surface area contributed by atoms with Crippen LogP contribution in [0.15, 0.2) is 0 Å². The second kappa shape index (κ2) is 3.21. The SMILES string of the molecule is CC(C)CN1C2CCC1C1CCC2N1. The van der Waals surface area contributed by atoms with E-state index >= 15 is 0 Å². The van der Waals surface area contributed by atoms with Gasteiger partial charge in [0.05, 0.1) is 0 Å². The molecule has 3 rings (SSSR count). The lowest BCUT2D eigenvalue weighted by Crippen LogP contribution is -2.59. The van der Waals surface area contributed by atoms with E-state index in [9.17, 15) is 0 Å². The van der Waals surface area contributed by atoms with Gasteiger partial charge in [-0.15, -0.1) is 0 Å². The van der Waals surface area contributed by atoms with Gasteiger partial charge < -0.3 is 5.32 Å². The highest BCUT2D eigenvalue weighted by molar-refractivity contribution is 5.09. The van der Waals surface area contributed by atoms with Gasteiger partial charge in [-0.3, -0.25) is 4.90 Å². The minimum absolute atomic E-state index is 0.829. The van der Waals surface area contributed by atoms with Crippen molar-refractivity contribution < 1.29 is 0 Å². The van der Waals surface area contributed by atoms with E-state index in [1.54, 1.807) is 0 Å². The molecule has 3 saturated heterocycles. The molecule has 0 amide bonds. The Kier molecular flexibility index (Phi) is 2.10. The Morgan fingerprint density at radius 1 is 1.07 bits per heavy atom. The summed E-state index contributed by atoms with van der Waals surface area (Å²) in [7, 11) is 0. The van der Waals surface area contributed by atoms with Crippen LogP contribution in [0, 0.1) is 5.92 Å². The molecule has 3 heterocycles. The Labute approximate surface area is 87.0 Å². The van der Waals surface area contributed by atoms with E-state index in [1.807, 2.05) is 0 Å². The summed E-state index contributed by atoms with van der Waals surface area (Å²) in [4.78, 5) is 2.82. The van der Waals surface area contributed by atoms with Crippen LogP contribution in [-0.2, 0) is 0 Å². The van der Waals surface area contributed by atoms with Crippen molar-refractivity contribution in [1.29, 1.82) is 0 Å². The molecule has 4 unspecified atom stereocenters. The number of hydrogen-bond acceptors (Lipinski definition) is 2. The van der Waals surface area contributed by atoms with E-state index in [0.29, 0.717) is 0 Å². The monoisotopic (exact) mass is 194 g/mol. The van der Waals surface area contributed by atoms with Crippen molar-refractivity contribution in [2.75, 3.05) is 6.54 Å². The van der Waals surface area contributed by atoms with Gasteiger partial charge in [-0.1, -0.05) is 13.8 Å². The van der Waals surface area contributed by atoms with E-state index in [1.165, 1.54) is 32.2 Å². The van der Waals surface area contributed by atoms with Crippen LogP contribution in [0.4, 0.5) is 0 Å². The van der Waals surface area contributed by atoms with Crippen LogP contribution in [0.2, 0.25) is 0 Å². The molecule has 0 spiro atoms. The van der Waals surface area contributed by atoms with Gasteiger partial charge in [-0.2, -0.15) is 0 Å². The normalized spacial score (nSPS) is 46.5. The number of piperazine rings is 1. The summed E-state index contributed by atoms with van der Waals surface area (Å²) >= 11 is 0.